The molecule has 0 saturated carbocycles. The number of hydrogen-bond acceptors (Lipinski definition) is 3. The molecule has 1 aromatic heterocycles. The van der Waals surface area contributed by atoms with Gasteiger partial charge >= 0.3 is 0 Å². The van der Waals surface area contributed by atoms with E-state index in [1.807, 2.05) is 6.07 Å². The number of nitrogens with zero attached hydrogens (tertiary/aromatic N) is 2. The van der Waals surface area contributed by atoms with Crippen molar-refractivity contribution < 1.29 is 4.42 Å². The summed E-state index contributed by atoms with van der Waals surface area (Å²) in [6.45, 7) is 4.71. The lowest BCUT2D eigenvalue weighted by atomic mass is 9.82. The van der Waals surface area contributed by atoms with Gasteiger partial charge in [-0.05, 0) is 138 Å². The monoisotopic (exact) mass is 894 g/mol. The van der Waals surface area contributed by atoms with Crippen molar-refractivity contribution >= 4 is 99.2 Å². The Hall–Kier alpha value is -8.92. The number of benzene rings is 12. The van der Waals surface area contributed by atoms with Crippen molar-refractivity contribution in [3.63, 3.8) is 0 Å². The average molecular weight is 895 g/mol. The van der Waals surface area contributed by atoms with E-state index in [2.05, 4.69) is 260 Å². The standard InChI is InChI=1S/C67H46N2O/c1-67(2)60-28-14-11-24-53(60)54-39-35-48(42-61(54)67)68(45-20-7-4-8-21-45)47-34-38-52-57-36-32-44-40-46(33-37-50(44)65(57)56-26-10-9-23-51(56)59(52)41-47)69(62-29-15-12-22-49(62)43-18-5-3-6-19-43)63-30-17-27-58-55-25-13-16-31-64(55)70-66(58)63/h3-42H,1-2H3. The summed E-state index contributed by atoms with van der Waals surface area (Å²) in [5.41, 5.74) is 15.8. The summed E-state index contributed by atoms with van der Waals surface area (Å²) in [5, 5.41) is 12.0. The molecule has 0 spiro atoms. The third-order valence-corrected chi connectivity index (χ3v) is 15.0. The molecule has 1 heterocycles. The van der Waals surface area contributed by atoms with Crippen LogP contribution in [0.4, 0.5) is 34.1 Å². The van der Waals surface area contributed by atoms with Crippen molar-refractivity contribution in [1.29, 1.82) is 0 Å². The minimum Gasteiger partial charge on any atom is -0.454 e. The second-order valence-electron chi connectivity index (χ2n) is 19.2. The minimum atomic E-state index is -0.111. The fourth-order valence-electron chi connectivity index (χ4n) is 11.7. The molecule has 0 amide bonds. The lowest BCUT2D eigenvalue weighted by molar-refractivity contribution is 0.660. The van der Waals surface area contributed by atoms with E-state index in [1.165, 1.54) is 65.3 Å². The normalized spacial score (nSPS) is 12.8. The zero-order valence-electron chi connectivity index (χ0n) is 38.9. The molecule has 13 aromatic rings. The molecule has 0 atom stereocenters. The fourth-order valence-corrected chi connectivity index (χ4v) is 11.7. The van der Waals surface area contributed by atoms with Gasteiger partial charge in [0, 0.05) is 44.5 Å². The Labute approximate surface area is 406 Å². The van der Waals surface area contributed by atoms with Gasteiger partial charge in [0.2, 0.25) is 0 Å². The highest BCUT2D eigenvalue weighted by Gasteiger charge is 2.36. The lowest BCUT2D eigenvalue weighted by Crippen LogP contribution is -2.16. The lowest BCUT2D eigenvalue weighted by Gasteiger charge is -2.29. The molecule has 1 aliphatic rings. The van der Waals surface area contributed by atoms with Crippen molar-refractivity contribution in [1.82, 2.24) is 0 Å². The second-order valence-corrected chi connectivity index (χ2v) is 19.2. The van der Waals surface area contributed by atoms with Crippen LogP contribution in [-0.4, -0.2) is 0 Å². The van der Waals surface area contributed by atoms with Gasteiger partial charge in [-0.25, -0.2) is 0 Å². The number of fused-ring (bicyclic) bond motifs is 14. The topological polar surface area (TPSA) is 19.6 Å². The Bertz CT molecular complexity index is 4200. The van der Waals surface area contributed by atoms with Crippen LogP contribution in [0.25, 0.3) is 87.3 Å². The fraction of sp³-hybridized carbons (Fsp3) is 0.0448. The largest absolute Gasteiger partial charge is 0.454 e. The van der Waals surface area contributed by atoms with Crippen LogP contribution in [0.5, 0.6) is 0 Å². The number of furan rings is 1. The van der Waals surface area contributed by atoms with Crippen LogP contribution in [0, 0.1) is 0 Å². The molecule has 0 saturated heterocycles. The van der Waals surface area contributed by atoms with Gasteiger partial charge in [-0.1, -0.05) is 190 Å². The van der Waals surface area contributed by atoms with Gasteiger partial charge in [0.25, 0.3) is 0 Å². The van der Waals surface area contributed by atoms with E-state index in [9.17, 15) is 0 Å². The molecule has 0 radical (unpaired) electrons. The van der Waals surface area contributed by atoms with Crippen molar-refractivity contribution in [3.05, 3.63) is 254 Å². The first-order valence-corrected chi connectivity index (χ1v) is 24.2. The molecular formula is C67H46N2O. The average Bonchev–Trinajstić information content (AvgIpc) is 3.91. The predicted octanol–water partition coefficient (Wildman–Crippen LogP) is 19.1. The van der Waals surface area contributed by atoms with Crippen LogP contribution >= 0.6 is 0 Å². The zero-order valence-corrected chi connectivity index (χ0v) is 38.9. The van der Waals surface area contributed by atoms with E-state index in [0.717, 1.165) is 67.2 Å². The highest BCUT2D eigenvalue weighted by molar-refractivity contribution is 6.32. The van der Waals surface area contributed by atoms with E-state index in [-0.39, 0.29) is 5.41 Å². The third kappa shape index (κ3) is 6.08. The quantitative estimate of drug-likeness (QED) is 0.149. The predicted molar refractivity (Wildman–Crippen MR) is 296 cm³/mol. The first-order chi connectivity index (χ1) is 34.5. The Morgan fingerprint density at radius 1 is 0.329 bits per heavy atom. The highest BCUT2D eigenvalue weighted by Crippen LogP contribution is 2.52. The first kappa shape index (κ1) is 40.2. The van der Waals surface area contributed by atoms with Crippen LogP contribution < -0.4 is 9.80 Å². The summed E-state index contributed by atoms with van der Waals surface area (Å²) in [5.74, 6) is 0. The summed E-state index contributed by atoms with van der Waals surface area (Å²) < 4.78 is 6.75. The maximum atomic E-state index is 6.75. The number of rotatable bonds is 7. The van der Waals surface area contributed by atoms with Crippen molar-refractivity contribution in [2.24, 2.45) is 0 Å². The molecule has 0 fully saturated rings. The molecular weight excluding hydrogens is 849 g/mol. The van der Waals surface area contributed by atoms with E-state index in [4.69, 9.17) is 4.42 Å². The smallest absolute Gasteiger partial charge is 0.159 e. The summed E-state index contributed by atoms with van der Waals surface area (Å²) in [6, 6.07) is 88.6. The second kappa shape index (κ2) is 15.6. The zero-order chi connectivity index (χ0) is 46.5. The van der Waals surface area contributed by atoms with Crippen LogP contribution in [0.2, 0.25) is 0 Å². The molecule has 0 aliphatic heterocycles. The number of hydrogen-bond donors (Lipinski definition) is 0. The van der Waals surface area contributed by atoms with Crippen LogP contribution in [0.1, 0.15) is 25.0 Å². The van der Waals surface area contributed by atoms with E-state index in [1.54, 1.807) is 0 Å². The number of para-hydroxylation sites is 4. The maximum Gasteiger partial charge on any atom is 0.159 e. The van der Waals surface area contributed by atoms with E-state index < -0.39 is 0 Å². The number of anilines is 6. The molecule has 14 rings (SSSR count). The third-order valence-electron chi connectivity index (χ3n) is 15.0. The maximum absolute atomic E-state index is 6.75. The Morgan fingerprint density at radius 3 is 1.74 bits per heavy atom. The first-order valence-electron chi connectivity index (χ1n) is 24.2. The molecule has 0 bridgehead atoms. The van der Waals surface area contributed by atoms with Gasteiger partial charge in [0.05, 0.1) is 11.4 Å². The van der Waals surface area contributed by atoms with E-state index in [0.29, 0.717) is 0 Å². The SMILES string of the molecule is CC1(C)c2ccccc2-c2ccc(N(c3ccccc3)c3ccc4c(c3)c3ccccc3c3c5ccc(N(c6ccccc6-c6ccccc6)c6cccc7c6oc6ccccc67)cc5ccc43)cc21. The summed E-state index contributed by atoms with van der Waals surface area (Å²) >= 11 is 0. The Morgan fingerprint density at radius 2 is 0.900 bits per heavy atom. The minimum absolute atomic E-state index is 0.111. The Balaban J connectivity index is 0.953. The molecule has 12 aromatic carbocycles. The molecule has 0 N–H and O–H groups in total. The van der Waals surface area contributed by atoms with Crippen LogP contribution in [0.3, 0.4) is 0 Å². The van der Waals surface area contributed by atoms with Crippen molar-refractivity contribution in [3.8, 4) is 22.3 Å². The molecule has 3 nitrogen and oxygen atoms in total. The van der Waals surface area contributed by atoms with Gasteiger partial charge in [0.1, 0.15) is 5.58 Å². The van der Waals surface area contributed by atoms with E-state index >= 15 is 0 Å². The van der Waals surface area contributed by atoms with Gasteiger partial charge in [0.15, 0.2) is 5.58 Å². The van der Waals surface area contributed by atoms with Crippen molar-refractivity contribution in [2.45, 2.75) is 19.3 Å². The molecule has 70 heavy (non-hydrogen) atoms. The van der Waals surface area contributed by atoms with Gasteiger partial charge in [-0.3, -0.25) is 0 Å². The molecule has 0 unspecified atom stereocenters. The summed E-state index contributed by atoms with van der Waals surface area (Å²) in [4.78, 5) is 4.81. The highest BCUT2D eigenvalue weighted by atomic mass is 16.3. The van der Waals surface area contributed by atoms with Gasteiger partial charge < -0.3 is 14.2 Å². The molecule has 1 aliphatic carbocycles. The van der Waals surface area contributed by atoms with Crippen LogP contribution in [-0.2, 0) is 5.41 Å². The van der Waals surface area contributed by atoms with Crippen molar-refractivity contribution in [2.75, 3.05) is 9.80 Å². The Kier molecular flexibility index (Phi) is 8.93. The van der Waals surface area contributed by atoms with Gasteiger partial charge in [-0.15, -0.1) is 0 Å². The van der Waals surface area contributed by atoms with Crippen LogP contribution in [0.15, 0.2) is 247 Å². The molecule has 3 heteroatoms. The summed E-state index contributed by atoms with van der Waals surface area (Å²) in [6.07, 6.45) is 0. The molecule has 330 valence electrons. The summed E-state index contributed by atoms with van der Waals surface area (Å²) in [7, 11) is 0. The van der Waals surface area contributed by atoms with Gasteiger partial charge in [-0.2, -0.15) is 0 Å².